The summed E-state index contributed by atoms with van der Waals surface area (Å²) in [5.74, 6) is 1.08. The largest absolute Gasteiger partial charge is 0.476 e. The van der Waals surface area contributed by atoms with Crippen LogP contribution in [0.15, 0.2) is 33.6 Å². The summed E-state index contributed by atoms with van der Waals surface area (Å²) in [5.41, 5.74) is 6.38. The van der Waals surface area contributed by atoms with Gasteiger partial charge in [-0.05, 0) is 43.4 Å². The van der Waals surface area contributed by atoms with E-state index >= 15 is 0 Å². The SMILES string of the molecule is NCC1CCCCC1COC1=NS(=O)(=O)c2ccccc21. The van der Waals surface area contributed by atoms with Gasteiger partial charge in [0.1, 0.15) is 4.90 Å². The van der Waals surface area contributed by atoms with Crippen LogP contribution in [0, 0.1) is 11.8 Å². The minimum Gasteiger partial charge on any atom is -0.476 e. The fourth-order valence-electron chi connectivity index (χ4n) is 3.18. The van der Waals surface area contributed by atoms with Gasteiger partial charge in [0.2, 0.25) is 5.90 Å². The summed E-state index contributed by atoms with van der Waals surface area (Å²) in [4.78, 5) is 0.235. The van der Waals surface area contributed by atoms with Gasteiger partial charge in [-0.2, -0.15) is 8.42 Å². The summed E-state index contributed by atoms with van der Waals surface area (Å²) in [6.45, 7) is 1.15. The van der Waals surface area contributed by atoms with Gasteiger partial charge in [0, 0.05) is 0 Å². The Labute approximate surface area is 125 Å². The zero-order chi connectivity index (χ0) is 14.9. The van der Waals surface area contributed by atoms with Crippen LogP contribution in [0.5, 0.6) is 0 Å². The van der Waals surface area contributed by atoms with Gasteiger partial charge in [-0.25, -0.2) is 0 Å². The maximum absolute atomic E-state index is 11.9. The number of fused-ring (bicyclic) bond motifs is 1. The summed E-state index contributed by atoms with van der Waals surface area (Å²) in [5, 5.41) is 0. The Morgan fingerprint density at radius 2 is 1.90 bits per heavy atom. The Balaban J connectivity index is 1.74. The van der Waals surface area contributed by atoms with E-state index in [4.69, 9.17) is 10.5 Å². The molecule has 1 heterocycles. The molecule has 3 rings (SSSR count). The van der Waals surface area contributed by atoms with Gasteiger partial charge in [0.15, 0.2) is 0 Å². The number of ether oxygens (including phenoxy) is 1. The summed E-state index contributed by atoms with van der Waals surface area (Å²) >= 11 is 0. The van der Waals surface area contributed by atoms with Crippen LogP contribution in [0.2, 0.25) is 0 Å². The summed E-state index contributed by atoms with van der Waals surface area (Å²) < 4.78 is 33.4. The highest BCUT2D eigenvalue weighted by Gasteiger charge is 2.31. The molecule has 2 aliphatic rings. The topological polar surface area (TPSA) is 81.8 Å². The summed E-state index contributed by atoms with van der Waals surface area (Å²) in [7, 11) is -3.59. The quantitative estimate of drug-likeness (QED) is 0.925. The third kappa shape index (κ3) is 2.82. The van der Waals surface area contributed by atoms with Crippen molar-refractivity contribution in [1.29, 1.82) is 0 Å². The molecule has 1 fully saturated rings. The van der Waals surface area contributed by atoms with E-state index in [2.05, 4.69) is 4.40 Å². The van der Waals surface area contributed by atoms with Crippen molar-refractivity contribution in [2.24, 2.45) is 22.0 Å². The van der Waals surface area contributed by atoms with E-state index in [1.54, 1.807) is 24.3 Å². The first-order valence-corrected chi connectivity index (χ1v) is 8.83. The van der Waals surface area contributed by atoms with Gasteiger partial charge in [-0.3, -0.25) is 0 Å². The molecule has 0 saturated heterocycles. The predicted molar refractivity (Wildman–Crippen MR) is 80.6 cm³/mol. The molecular weight excluding hydrogens is 288 g/mol. The van der Waals surface area contributed by atoms with Crippen LogP contribution in [0.3, 0.4) is 0 Å². The van der Waals surface area contributed by atoms with Crippen molar-refractivity contribution in [1.82, 2.24) is 0 Å². The first-order chi connectivity index (χ1) is 10.1. The number of nitrogens with two attached hydrogens (primary N) is 1. The number of nitrogens with zero attached hydrogens (tertiary/aromatic N) is 1. The second-order valence-electron chi connectivity index (χ2n) is 5.72. The molecule has 1 aromatic carbocycles. The molecule has 21 heavy (non-hydrogen) atoms. The Morgan fingerprint density at radius 1 is 1.19 bits per heavy atom. The molecule has 1 aliphatic carbocycles. The maximum atomic E-state index is 11.9. The second-order valence-corrected chi connectivity index (χ2v) is 7.29. The molecule has 5 nitrogen and oxygen atoms in total. The molecule has 2 N–H and O–H groups in total. The average Bonchev–Trinajstić information content (AvgIpc) is 2.77. The van der Waals surface area contributed by atoms with Crippen LogP contribution in [0.1, 0.15) is 31.2 Å². The minimum absolute atomic E-state index is 0.229. The van der Waals surface area contributed by atoms with Crippen molar-refractivity contribution < 1.29 is 13.2 Å². The molecule has 1 aliphatic heterocycles. The summed E-state index contributed by atoms with van der Waals surface area (Å²) in [6, 6.07) is 6.79. The van der Waals surface area contributed by atoms with Crippen molar-refractivity contribution in [3.63, 3.8) is 0 Å². The average molecular weight is 308 g/mol. The first kappa shape index (κ1) is 14.5. The number of rotatable bonds is 3. The maximum Gasteiger partial charge on any atom is 0.286 e. The number of benzene rings is 1. The molecule has 0 spiro atoms. The van der Waals surface area contributed by atoms with Gasteiger partial charge in [-0.1, -0.05) is 25.0 Å². The van der Waals surface area contributed by atoms with Crippen LogP contribution < -0.4 is 5.73 Å². The lowest BCUT2D eigenvalue weighted by Crippen LogP contribution is -2.30. The molecule has 114 valence electrons. The smallest absolute Gasteiger partial charge is 0.286 e. The fraction of sp³-hybridized carbons (Fsp3) is 0.533. The monoisotopic (exact) mass is 308 g/mol. The standard InChI is InChI=1S/C15H20N2O3S/c16-9-11-5-1-2-6-12(11)10-20-15-13-7-3-4-8-14(13)21(18,19)17-15/h3-4,7-8,11-12H,1-2,5-6,9-10,16H2. The number of hydrogen-bond acceptors (Lipinski definition) is 4. The lowest BCUT2D eigenvalue weighted by molar-refractivity contribution is 0.147. The molecule has 0 radical (unpaired) electrons. The fourth-order valence-corrected chi connectivity index (χ4v) is 4.33. The van der Waals surface area contributed by atoms with E-state index in [1.807, 2.05) is 0 Å². The van der Waals surface area contributed by atoms with E-state index in [9.17, 15) is 8.42 Å². The highest BCUT2D eigenvalue weighted by Crippen LogP contribution is 2.31. The van der Waals surface area contributed by atoms with E-state index in [1.165, 1.54) is 12.8 Å². The highest BCUT2D eigenvalue weighted by atomic mass is 32.2. The minimum atomic E-state index is -3.59. The third-order valence-electron chi connectivity index (χ3n) is 4.40. The number of sulfonamides is 1. The van der Waals surface area contributed by atoms with E-state index in [-0.39, 0.29) is 10.8 Å². The Morgan fingerprint density at radius 3 is 2.67 bits per heavy atom. The Bertz CT molecular complexity index is 655. The normalized spacial score (nSPS) is 27.0. The highest BCUT2D eigenvalue weighted by molar-refractivity contribution is 7.90. The van der Waals surface area contributed by atoms with E-state index in [0.717, 1.165) is 12.8 Å². The zero-order valence-corrected chi connectivity index (χ0v) is 12.7. The second kappa shape index (κ2) is 5.77. The number of hydrogen-bond donors (Lipinski definition) is 1. The van der Waals surface area contributed by atoms with Crippen LogP contribution in [-0.4, -0.2) is 27.5 Å². The Hall–Kier alpha value is -1.40. The molecular formula is C15H20N2O3S. The molecule has 0 bridgehead atoms. The van der Waals surface area contributed by atoms with Crippen molar-refractivity contribution in [2.75, 3.05) is 13.2 Å². The van der Waals surface area contributed by atoms with Gasteiger partial charge in [-0.15, -0.1) is 4.40 Å². The van der Waals surface area contributed by atoms with Gasteiger partial charge in [0.25, 0.3) is 10.0 Å². The van der Waals surface area contributed by atoms with E-state index in [0.29, 0.717) is 30.6 Å². The van der Waals surface area contributed by atoms with Crippen molar-refractivity contribution in [3.05, 3.63) is 29.8 Å². The van der Waals surface area contributed by atoms with Gasteiger partial charge in [0.05, 0.1) is 12.2 Å². The third-order valence-corrected chi connectivity index (χ3v) is 5.72. The molecule has 6 heteroatoms. The van der Waals surface area contributed by atoms with Crippen LogP contribution in [-0.2, 0) is 14.8 Å². The summed E-state index contributed by atoms with van der Waals surface area (Å²) in [6.07, 6.45) is 4.62. The molecule has 1 saturated carbocycles. The zero-order valence-electron chi connectivity index (χ0n) is 11.9. The predicted octanol–water partition coefficient (Wildman–Crippen LogP) is 1.92. The van der Waals surface area contributed by atoms with Crippen LogP contribution in [0.25, 0.3) is 0 Å². The lowest BCUT2D eigenvalue weighted by atomic mass is 9.80. The van der Waals surface area contributed by atoms with Crippen molar-refractivity contribution >= 4 is 15.9 Å². The lowest BCUT2D eigenvalue weighted by Gasteiger charge is -2.30. The molecule has 2 unspecified atom stereocenters. The van der Waals surface area contributed by atoms with Gasteiger partial charge >= 0.3 is 0 Å². The Kier molecular flexibility index (Phi) is 3.99. The van der Waals surface area contributed by atoms with Crippen molar-refractivity contribution in [3.8, 4) is 0 Å². The molecule has 0 amide bonds. The van der Waals surface area contributed by atoms with Gasteiger partial charge < -0.3 is 10.5 Å². The molecule has 0 aromatic heterocycles. The van der Waals surface area contributed by atoms with Crippen LogP contribution >= 0.6 is 0 Å². The van der Waals surface area contributed by atoms with E-state index < -0.39 is 10.0 Å². The molecule has 1 aromatic rings. The first-order valence-electron chi connectivity index (χ1n) is 7.39. The van der Waals surface area contributed by atoms with Crippen molar-refractivity contribution in [2.45, 2.75) is 30.6 Å². The molecule has 2 atom stereocenters. The van der Waals surface area contributed by atoms with Crippen LogP contribution in [0.4, 0.5) is 0 Å².